The molecule has 0 aliphatic carbocycles. The summed E-state index contributed by atoms with van der Waals surface area (Å²) in [4.78, 5) is 27.4. The summed E-state index contributed by atoms with van der Waals surface area (Å²) in [6, 6.07) is 4.87. The van der Waals surface area contributed by atoms with E-state index >= 15 is 0 Å². The van der Waals surface area contributed by atoms with E-state index in [1.807, 2.05) is 16.9 Å². The molecular weight excluding hydrogens is 372 g/mol. The zero-order chi connectivity index (χ0) is 21.2. The van der Waals surface area contributed by atoms with Gasteiger partial charge in [0.05, 0.1) is 13.3 Å². The highest BCUT2D eigenvalue weighted by molar-refractivity contribution is 5.95. The van der Waals surface area contributed by atoms with Gasteiger partial charge in [-0.3, -0.25) is 9.48 Å². The lowest BCUT2D eigenvalue weighted by Crippen LogP contribution is -2.52. The first kappa shape index (κ1) is 20.6. The van der Waals surface area contributed by atoms with Gasteiger partial charge in [-0.2, -0.15) is 0 Å². The number of aromatic nitrogens is 3. The molecule has 2 aromatic rings. The van der Waals surface area contributed by atoms with Crippen LogP contribution in [0.25, 0.3) is 11.3 Å². The van der Waals surface area contributed by atoms with Gasteiger partial charge in [-0.05, 0) is 23.6 Å². The van der Waals surface area contributed by atoms with E-state index in [4.69, 9.17) is 10.5 Å². The molecule has 1 aliphatic rings. The number of amides is 3. The number of carbonyl (C=O) groups is 2. The molecule has 9 heteroatoms. The zero-order valence-corrected chi connectivity index (χ0v) is 17.4. The first-order valence-corrected chi connectivity index (χ1v) is 9.60. The highest BCUT2D eigenvalue weighted by Crippen LogP contribution is 2.30. The maximum Gasteiger partial charge on any atom is 0.314 e. The number of hydrogen-bond acceptors (Lipinski definition) is 5. The Morgan fingerprint density at radius 1 is 1.14 bits per heavy atom. The maximum atomic E-state index is 12.9. The second-order valence-corrected chi connectivity index (χ2v) is 8.39. The number of urea groups is 1. The third-order valence-electron chi connectivity index (χ3n) is 4.78. The van der Waals surface area contributed by atoms with Gasteiger partial charge in [-0.15, -0.1) is 5.10 Å². The molecule has 1 saturated heterocycles. The molecule has 29 heavy (non-hydrogen) atoms. The Morgan fingerprint density at radius 2 is 1.79 bits per heavy atom. The second kappa shape index (κ2) is 8.10. The minimum absolute atomic E-state index is 0.0872. The van der Waals surface area contributed by atoms with Gasteiger partial charge in [0.15, 0.2) is 0 Å². The van der Waals surface area contributed by atoms with Crippen molar-refractivity contribution in [3.8, 4) is 17.0 Å². The number of nitrogens with two attached hydrogens (primary N) is 1. The summed E-state index contributed by atoms with van der Waals surface area (Å²) in [6.07, 6.45) is 1.88. The summed E-state index contributed by atoms with van der Waals surface area (Å²) < 4.78 is 7.33. The topological polar surface area (TPSA) is 107 Å². The highest BCUT2D eigenvalue weighted by atomic mass is 16.5. The number of ether oxygens (including phenoxy) is 1. The van der Waals surface area contributed by atoms with Crippen molar-refractivity contribution in [3.63, 3.8) is 0 Å². The third kappa shape index (κ3) is 4.85. The molecule has 9 nitrogen and oxygen atoms in total. The molecule has 1 aliphatic heterocycles. The van der Waals surface area contributed by atoms with Gasteiger partial charge in [0.2, 0.25) is 0 Å². The van der Waals surface area contributed by atoms with Crippen molar-refractivity contribution >= 4 is 11.9 Å². The van der Waals surface area contributed by atoms with Crippen LogP contribution >= 0.6 is 0 Å². The largest absolute Gasteiger partial charge is 0.496 e. The lowest BCUT2D eigenvalue weighted by atomic mass is 9.97. The molecular formula is C20H28N6O3. The van der Waals surface area contributed by atoms with Crippen LogP contribution in [0, 0.1) is 5.41 Å². The first-order chi connectivity index (χ1) is 13.7. The van der Waals surface area contributed by atoms with Gasteiger partial charge in [-0.25, -0.2) is 4.79 Å². The van der Waals surface area contributed by atoms with Crippen LogP contribution in [-0.2, 0) is 6.54 Å². The summed E-state index contributed by atoms with van der Waals surface area (Å²) in [5, 5.41) is 8.46. The molecule has 0 spiro atoms. The van der Waals surface area contributed by atoms with E-state index in [9.17, 15) is 9.59 Å². The fourth-order valence-corrected chi connectivity index (χ4v) is 3.33. The van der Waals surface area contributed by atoms with E-state index in [0.717, 1.165) is 12.1 Å². The summed E-state index contributed by atoms with van der Waals surface area (Å²) in [7, 11) is 1.57. The number of methoxy groups -OCH3 is 1. The number of nitrogens with zero attached hydrogens (tertiary/aromatic N) is 5. The molecule has 0 saturated carbocycles. The molecule has 0 atom stereocenters. The van der Waals surface area contributed by atoms with Crippen molar-refractivity contribution in [1.29, 1.82) is 0 Å². The smallest absolute Gasteiger partial charge is 0.314 e. The Bertz CT molecular complexity index is 894. The summed E-state index contributed by atoms with van der Waals surface area (Å²) in [5.41, 5.74) is 7.39. The first-order valence-electron chi connectivity index (χ1n) is 9.60. The van der Waals surface area contributed by atoms with Crippen molar-refractivity contribution in [3.05, 3.63) is 30.0 Å². The quantitative estimate of drug-likeness (QED) is 0.843. The van der Waals surface area contributed by atoms with Gasteiger partial charge in [0, 0.05) is 43.9 Å². The number of rotatable bonds is 4. The number of primary amides is 1. The SMILES string of the molecule is COc1cc(C(=O)N2CCN(C(N)=O)CC2)ccc1-c1cn(CC(C)(C)C)nn1. The molecule has 1 aromatic carbocycles. The Morgan fingerprint density at radius 3 is 2.38 bits per heavy atom. The minimum atomic E-state index is -0.456. The normalized spacial score (nSPS) is 14.8. The van der Waals surface area contributed by atoms with Crippen molar-refractivity contribution in [2.75, 3.05) is 33.3 Å². The van der Waals surface area contributed by atoms with Crippen LogP contribution in [0.15, 0.2) is 24.4 Å². The van der Waals surface area contributed by atoms with E-state index in [1.165, 1.54) is 4.90 Å². The molecule has 156 valence electrons. The van der Waals surface area contributed by atoms with E-state index in [0.29, 0.717) is 43.2 Å². The van der Waals surface area contributed by atoms with Crippen LogP contribution in [-0.4, -0.2) is 70.0 Å². The van der Waals surface area contributed by atoms with E-state index in [-0.39, 0.29) is 11.3 Å². The molecule has 3 rings (SSSR count). The Kier molecular flexibility index (Phi) is 5.76. The fourth-order valence-electron chi connectivity index (χ4n) is 3.33. The summed E-state index contributed by atoms with van der Waals surface area (Å²) in [5.74, 6) is 0.463. The molecule has 3 amide bonds. The number of benzene rings is 1. The van der Waals surface area contributed by atoms with Gasteiger partial charge in [0.25, 0.3) is 5.91 Å². The van der Waals surface area contributed by atoms with Crippen LogP contribution in [0.4, 0.5) is 4.79 Å². The minimum Gasteiger partial charge on any atom is -0.496 e. The number of piperazine rings is 1. The van der Waals surface area contributed by atoms with Crippen molar-refractivity contribution < 1.29 is 14.3 Å². The fraction of sp³-hybridized carbons (Fsp3) is 0.500. The molecule has 0 bridgehead atoms. The van der Waals surface area contributed by atoms with E-state index < -0.39 is 6.03 Å². The summed E-state index contributed by atoms with van der Waals surface area (Å²) in [6.45, 7) is 8.94. The number of carbonyl (C=O) groups excluding carboxylic acids is 2. The van der Waals surface area contributed by atoms with Crippen LogP contribution in [0.2, 0.25) is 0 Å². The molecule has 1 fully saturated rings. The van der Waals surface area contributed by atoms with Gasteiger partial charge in [-0.1, -0.05) is 26.0 Å². The van der Waals surface area contributed by atoms with Gasteiger partial charge < -0.3 is 20.3 Å². The molecule has 2 heterocycles. The van der Waals surface area contributed by atoms with E-state index in [1.54, 1.807) is 24.1 Å². The maximum absolute atomic E-state index is 12.9. The van der Waals surface area contributed by atoms with Gasteiger partial charge in [0.1, 0.15) is 11.4 Å². The molecule has 2 N–H and O–H groups in total. The van der Waals surface area contributed by atoms with Crippen molar-refractivity contribution in [2.45, 2.75) is 27.3 Å². The average molecular weight is 400 g/mol. The monoisotopic (exact) mass is 400 g/mol. The van der Waals surface area contributed by atoms with Gasteiger partial charge >= 0.3 is 6.03 Å². The summed E-state index contributed by atoms with van der Waals surface area (Å²) >= 11 is 0. The lowest BCUT2D eigenvalue weighted by Gasteiger charge is -2.33. The van der Waals surface area contributed by atoms with Crippen LogP contribution in [0.3, 0.4) is 0 Å². The lowest BCUT2D eigenvalue weighted by molar-refractivity contribution is 0.0669. The van der Waals surface area contributed by atoms with Crippen LogP contribution < -0.4 is 10.5 Å². The molecule has 0 unspecified atom stereocenters. The van der Waals surface area contributed by atoms with E-state index in [2.05, 4.69) is 31.1 Å². The standard InChI is InChI=1S/C20H28N6O3/c1-20(2,3)13-26-12-16(22-23-26)15-6-5-14(11-17(15)29-4)18(27)24-7-9-25(10-8-24)19(21)28/h5-6,11-12H,7-10,13H2,1-4H3,(H2,21,28). The van der Waals surface area contributed by atoms with Crippen molar-refractivity contribution in [1.82, 2.24) is 24.8 Å². The third-order valence-corrected chi connectivity index (χ3v) is 4.78. The molecule has 0 radical (unpaired) electrons. The average Bonchev–Trinajstić information content (AvgIpc) is 3.13. The Labute approximate surface area is 170 Å². The molecule has 1 aromatic heterocycles. The second-order valence-electron chi connectivity index (χ2n) is 8.39. The van der Waals surface area contributed by atoms with Crippen molar-refractivity contribution in [2.24, 2.45) is 11.1 Å². The van der Waals surface area contributed by atoms with Crippen LogP contribution in [0.1, 0.15) is 31.1 Å². The Hall–Kier alpha value is -3.10. The predicted molar refractivity (Wildman–Crippen MR) is 109 cm³/mol. The zero-order valence-electron chi connectivity index (χ0n) is 17.4. The highest BCUT2D eigenvalue weighted by Gasteiger charge is 2.24. The Balaban J connectivity index is 1.77. The number of hydrogen-bond donors (Lipinski definition) is 1. The predicted octanol–water partition coefficient (Wildman–Crippen LogP) is 1.84. The van der Waals surface area contributed by atoms with Crippen LogP contribution in [0.5, 0.6) is 5.75 Å².